The molecule has 0 radical (unpaired) electrons. The van der Waals surface area contributed by atoms with Crippen LogP contribution in [0, 0.1) is 5.41 Å². The molecule has 1 aliphatic heterocycles. The van der Waals surface area contributed by atoms with Crippen LogP contribution in [0.5, 0.6) is 0 Å². The van der Waals surface area contributed by atoms with Crippen LogP contribution in [0.15, 0.2) is 20.7 Å². The molecule has 0 aromatic heterocycles. The molecule has 0 amide bonds. The lowest BCUT2D eigenvalue weighted by Crippen LogP contribution is -2.19. The summed E-state index contributed by atoms with van der Waals surface area (Å²) in [7, 11) is 0. The van der Waals surface area contributed by atoms with E-state index in [0.717, 1.165) is 0 Å². The summed E-state index contributed by atoms with van der Waals surface area (Å²) in [6.45, 7) is 6.17. The summed E-state index contributed by atoms with van der Waals surface area (Å²) in [5, 5.41) is 14.4. The van der Waals surface area contributed by atoms with Crippen molar-refractivity contribution in [2.75, 3.05) is 0 Å². The molecule has 0 unspecified atom stereocenters. The van der Waals surface area contributed by atoms with Crippen molar-refractivity contribution in [3.05, 3.63) is 0 Å². The Bertz CT molecular complexity index is 141. The van der Waals surface area contributed by atoms with Gasteiger partial charge < -0.3 is 0 Å². The number of nitrogens with zero attached hydrogens (tertiary/aromatic N) is 4. The molecule has 0 fully saturated rings. The van der Waals surface area contributed by atoms with E-state index >= 15 is 0 Å². The van der Waals surface area contributed by atoms with Gasteiger partial charge in [-0.25, -0.2) is 0 Å². The van der Waals surface area contributed by atoms with Crippen LogP contribution in [0.2, 0.25) is 0 Å². The molecule has 0 spiro atoms. The number of hydrogen-bond donors (Lipinski definition) is 0. The van der Waals surface area contributed by atoms with Crippen LogP contribution in [-0.2, 0) is 0 Å². The van der Waals surface area contributed by atoms with Gasteiger partial charge >= 0.3 is 0 Å². The van der Waals surface area contributed by atoms with Gasteiger partial charge in [-0.2, -0.15) is 0 Å². The second-order valence-corrected chi connectivity index (χ2v) is 3.15. The van der Waals surface area contributed by atoms with Crippen molar-refractivity contribution in [2.45, 2.75) is 26.9 Å². The Morgan fingerprint density at radius 1 is 1.00 bits per heavy atom. The Kier molecular flexibility index (Phi) is 1.31. The average molecular weight is 126 g/mol. The first kappa shape index (κ1) is 6.32. The largest absolute Gasteiger partial charge is 0.190 e. The van der Waals surface area contributed by atoms with Crippen LogP contribution in [0.1, 0.15) is 20.8 Å². The highest BCUT2D eigenvalue weighted by Gasteiger charge is 2.26. The van der Waals surface area contributed by atoms with E-state index in [1.54, 1.807) is 0 Å². The molecule has 0 atom stereocenters. The van der Waals surface area contributed by atoms with E-state index < -0.39 is 0 Å². The predicted molar refractivity (Wildman–Crippen MR) is 33.0 cm³/mol. The minimum Gasteiger partial charge on any atom is -0.138 e. The van der Waals surface area contributed by atoms with E-state index in [4.69, 9.17) is 0 Å². The molecule has 0 saturated carbocycles. The van der Waals surface area contributed by atoms with Gasteiger partial charge in [-0.05, 0) is 10.4 Å². The molecule has 1 heterocycles. The predicted octanol–water partition coefficient (Wildman–Crippen LogP) is 2.19. The summed E-state index contributed by atoms with van der Waals surface area (Å²) in [5.41, 5.74) is 0.0590. The van der Waals surface area contributed by atoms with Crippen molar-refractivity contribution in [3.63, 3.8) is 0 Å². The topological polar surface area (TPSA) is 49.4 Å². The standard InChI is InChI=1S/C5H10N4/c1-5(2,3)4-6-8-9-7-4/h4H,1-3H3. The highest BCUT2D eigenvalue weighted by atomic mass is 15.6. The summed E-state index contributed by atoms with van der Waals surface area (Å²) in [6, 6.07) is 0. The molecule has 4 heteroatoms. The van der Waals surface area contributed by atoms with Crippen LogP contribution in [0.3, 0.4) is 0 Å². The Labute approximate surface area is 54.1 Å². The molecule has 0 N–H and O–H groups in total. The van der Waals surface area contributed by atoms with E-state index in [1.807, 2.05) is 0 Å². The van der Waals surface area contributed by atoms with Gasteiger partial charge in [0.25, 0.3) is 0 Å². The van der Waals surface area contributed by atoms with Gasteiger partial charge in [0.2, 0.25) is 0 Å². The molecule has 0 bridgehead atoms. The zero-order valence-corrected chi connectivity index (χ0v) is 5.87. The Balaban J connectivity index is 2.64. The van der Waals surface area contributed by atoms with Crippen LogP contribution in [0.25, 0.3) is 0 Å². The molecule has 9 heavy (non-hydrogen) atoms. The van der Waals surface area contributed by atoms with Crippen LogP contribution >= 0.6 is 0 Å². The highest BCUT2D eigenvalue weighted by molar-refractivity contribution is 4.76. The van der Waals surface area contributed by atoms with Crippen molar-refractivity contribution in [2.24, 2.45) is 26.1 Å². The van der Waals surface area contributed by atoms with Gasteiger partial charge in [0, 0.05) is 5.41 Å². The monoisotopic (exact) mass is 126 g/mol. The summed E-state index contributed by atoms with van der Waals surface area (Å²) >= 11 is 0. The molecular weight excluding hydrogens is 116 g/mol. The first-order chi connectivity index (χ1) is 4.11. The third kappa shape index (κ3) is 1.31. The smallest absolute Gasteiger partial charge is 0.138 e. The molecule has 50 valence electrons. The second-order valence-electron chi connectivity index (χ2n) is 3.15. The Hall–Kier alpha value is -0.800. The lowest BCUT2D eigenvalue weighted by molar-refractivity contribution is 0.328. The molecule has 0 aliphatic carbocycles. The van der Waals surface area contributed by atoms with Gasteiger partial charge in [-0.15, -0.1) is 10.2 Å². The molecule has 0 saturated heterocycles. The fourth-order valence-corrected chi connectivity index (χ4v) is 0.514. The van der Waals surface area contributed by atoms with E-state index in [9.17, 15) is 0 Å². The van der Waals surface area contributed by atoms with Crippen LogP contribution in [0.4, 0.5) is 0 Å². The van der Waals surface area contributed by atoms with E-state index in [1.165, 1.54) is 0 Å². The third-order valence-electron chi connectivity index (χ3n) is 1.14. The van der Waals surface area contributed by atoms with Crippen molar-refractivity contribution < 1.29 is 0 Å². The first-order valence-electron chi connectivity index (χ1n) is 2.91. The van der Waals surface area contributed by atoms with Crippen molar-refractivity contribution in [3.8, 4) is 0 Å². The minimum atomic E-state index is -0.0718. The van der Waals surface area contributed by atoms with Crippen molar-refractivity contribution in [1.82, 2.24) is 0 Å². The maximum absolute atomic E-state index is 3.80. The Morgan fingerprint density at radius 3 is 1.67 bits per heavy atom. The fraction of sp³-hybridized carbons (Fsp3) is 1.00. The minimum absolute atomic E-state index is 0.0590. The van der Waals surface area contributed by atoms with Gasteiger partial charge in [0.1, 0.15) is 0 Å². The highest BCUT2D eigenvalue weighted by Crippen LogP contribution is 2.26. The van der Waals surface area contributed by atoms with E-state index in [2.05, 4.69) is 41.4 Å². The lowest BCUT2D eigenvalue weighted by Gasteiger charge is -2.17. The first-order valence-corrected chi connectivity index (χ1v) is 2.91. The summed E-state index contributed by atoms with van der Waals surface area (Å²) < 4.78 is 0. The van der Waals surface area contributed by atoms with Crippen molar-refractivity contribution in [1.29, 1.82) is 0 Å². The van der Waals surface area contributed by atoms with Gasteiger partial charge in [0.15, 0.2) is 6.17 Å². The quantitative estimate of drug-likeness (QED) is 0.477. The number of rotatable bonds is 0. The zero-order chi connectivity index (χ0) is 6.91. The summed E-state index contributed by atoms with van der Waals surface area (Å²) in [5.74, 6) is 0. The molecule has 0 aromatic carbocycles. The molecule has 1 rings (SSSR count). The molecule has 1 aliphatic rings. The molecular formula is C5H10N4. The third-order valence-corrected chi connectivity index (χ3v) is 1.14. The summed E-state index contributed by atoms with van der Waals surface area (Å²) in [6.07, 6.45) is -0.0718. The van der Waals surface area contributed by atoms with E-state index in [-0.39, 0.29) is 11.6 Å². The van der Waals surface area contributed by atoms with Gasteiger partial charge in [-0.1, -0.05) is 20.8 Å². The van der Waals surface area contributed by atoms with Crippen LogP contribution in [-0.4, -0.2) is 6.17 Å². The lowest BCUT2D eigenvalue weighted by atomic mass is 9.93. The SMILES string of the molecule is CC(C)(C)C1N=NN=N1. The van der Waals surface area contributed by atoms with E-state index in [0.29, 0.717) is 0 Å². The maximum Gasteiger partial charge on any atom is 0.190 e. The zero-order valence-electron chi connectivity index (χ0n) is 5.87. The normalized spacial score (nSPS) is 19.4. The molecule has 4 nitrogen and oxygen atoms in total. The number of hydrogen-bond acceptors (Lipinski definition) is 4. The van der Waals surface area contributed by atoms with Crippen molar-refractivity contribution >= 4 is 0 Å². The van der Waals surface area contributed by atoms with Gasteiger partial charge in [-0.3, -0.25) is 0 Å². The summed E-state index contributed by atoms with van der Waals surface area (Å²) in [4.78, 5) is 0. The average Bonchev–Trinajstić information content (AvgIpc) is 2.08. The second kappa shape index (κ2) is 1.86. The maximum atomic E-state index is 3.80. The van der Waals surface area contributed by atoms with Crippen LogP contribution < -0.4 is 0 Å². The van der Waals surface area contributed by atoms with Gasteiger partial charge in [0.05, 0.1) is 0 Å². The fourth-order valence-electron chi connectivity index (χ4n) is 0.514. The Morgan fingerprint density at radius 2 is 1.44 bits per heavy atom. The molecule has 0 aromatic rings.